The fourth-order valence-electron chi connectivity index (χ4n) is 8.57. The van der Waals surface area contributed by atoms with E-state index in [1.807, 2.05) is 34.9 Å². The lowest BCUT2D eigenvalue weighted by Crippen LogP contribution is -1.95. The van der Waals surface area contributed by atoms with Crippen molar-refractivity contribution in [1.29, 1.82) is 0 Å². The van der Waals surface area contributed by atoms with E-state index in [4.69, 9.17) is 4.98 Å². The molecule has 0 saturated carbocycles. The molecule has 0 amide bonds. The van der Waals surface area contributed by atoms with Gasteiger partial charge in [-0.25, -0.2) is 0 Å². The Morgan fingerprint density at radius 2 is 0.865 bits per heavy atom. The van der Waals surface area contributed by atoms with Gasteiger partial charge in [0.25, 0.3) is 0 Å². The Morgan fingerprint density at radius 3 is 1.54 bits per heavy atom. The topological polar surface area (TPSA) is 22.8 Å². The molecule has 0 saturated heterocycles. The van der Waals surface area contributed by atoms with Crippen molar-refractivity contribution in [2.24, 2.45) is 0 Å². The summed E-state index contributed by atoms with van der Waals surface area (Å²) in [7, 11) is 0. The fourth-order valence-corrected chi connectivity index (χ4v) is 10.8. The lowest BCUT2D eigenvalue weighted by atomic mass is 10.0. The van der Waals surface area contributed by atoms with Crippen molar-refractivity contribution in [1.82, 2.24) is 14.1 Å². The first-order valence-corrected chi connectivity index (χ1v) is 19.2. The van der Waals surface area contributed by atoms with Crippen LogP contribution in [-0.4, -0.2) is 14.1 Å². The molecule has 12 rings (SSSR count). The molecular weight excluding hydrogens is 671 g/mol. The summed E-state index contributed by atoms with van der Waals surface area (Å²) in [4.78, 5) is 4.97. The van der Waals surface area contributed by atoms with Crippen molar-refractivity contribution in [3.63, 3.8) is 0 Å². The second-order valence-corrected chi connectivity index (χ2v) is 15.7. The Morgan fingerprint density at radius 1 is 0.365 bits per heavy atom. The van der Waals surface area contributed by atoms with Gasteiger partial charge < -0.3 is 9.13 Å². The largest absolute Gasteiger partial charge is 0.309 e. The van der Waals surface area contributed by atoms with Crippen molar-refractivity contribution >= 4 is 107 Å². The first-order valence-electron chi connectivity index (χ1n) is 17.5. The van der Waals surface area contributed by atoms with Crippen LogP contribution in [0, 0.1) is 0 Å². The zero-order chi connectivity index (χ0) is 33.9. The Hall–Kier alpha value is -6.27. The van der Waals surface area contributed by atoms with Gasteiger partial charge in [0.15, 0.2) is 0 Å². The number of nitrogens with zero attached hydrogens (tertiary/aromatic N) is 3. The van der Waals surface area contributed by atoms with Gasteiger partial charge in [0.1, 0.15) is 0 Å². The number of fused-ring (bicyclic) bond motifs is 12. The maximum absolute atomic E-state index is 4.97. The highest BCUT2D eigenvalue weighted by molar-refractivity contribution is 7.26. The number of para-hydroxylation sites is 1. The quantitative estimate of drug-likeness (QED) is 0.180. The zero-order valence-corrected chi connectivity index (χ0v) is 29.4. The second kappa shape index (κ2) is 10.6. The van der Waals surface area contributed by atoms with Gasteiger partial charge in [-0.3, -0.25) is 4.98 Å². The zero-order valence-electron chi connectivity index (χ0n) is 27.7. The molecule has 0 bridgehead atoms. The minimum atomic E-state index is 1.02. The fraction of sp³-hybridized carbons (Fsp3) is 0. The van der Waals surface area contributed by atoms with Crippen LogP contribution in [0.1, 0.15) is 0 Å². The molecule has 242 valence electrons. The molecule has 0 aliphatic heterocycles. The first kappa shape index (κ1) is 28.4. The molecule has 0 unspecified atom stereocenters. The molecule has 0 aliphatic rings. The van der Waals surface area contributed by atoms with Crippen molar-refractivity contribution in [2.45, 2.75) is 0 Å². The third-order valence-corrected chi connectivity index (χ3v) is 13.0. The summed E-state index contributed by atoms with van der Waals surface area (Å²) < 4.78 is 10.1. The number of pyridine rings is 1. The average molecular weight is 698 g/mol. The third kappa shape index (κ3) is 3.87. The van der Waals surface area contributed by atoms with Gasteiger partial charge in [-0.05, 0) is 90.0 Å². The molecule has 5 heteroatoms. The highest BCUT2D eigenvalue weighted by atomic mass is 32.1. The molecule has 5 aromatic heterocycles. The van der Waals surface area contributed by atoms with Gasteiger partial charge >= 0.3 is 0 Å². The normalized spacial score (nSPS) is 12.2. The maximum atomic E-state index is 4.97. The third-order valence-electron chi connectivity index (χ3n) is 10.8. The number of aromatic nitrogens is 3. The molecule has 3 nitrogen and oxygen atoms in total. The predicted octanol–water partition coefficient (Wildman–Crippen LogP) is 13.7. The number of benzene rings is 7. The Bertz CT molecular complexity index is 3200. The van der Waals surface area contributed by atoms with Gasteiger partial charge in [-0.15, -0.1) is 22.7 Å². The number of rotatable bonds is 3. The molecular formula is C47H27N3S2. The minimum absolute atomic E-state index is 1.02. The Kier molecular flexibility index (Phi) is 5.81. The van der Waals surface area contributed by atoms with Crippen LogP contribution < -0.4 is 0 Å². The molecule has 0 fully saturated rings. The summed E-state index contributed by atoms with van der Waals surface area (Å²) in [6, 6.07) is 57.9. The number of hydrogen-bond acceptors (Lipinski definition) is 3. The highest BCUT2D eigenvalue weighted by Crippen LogP contribution is 2.43. The van der Waals surface area contributed by atoms with Crippen LogP contribution in [0.25, 0.3) is 107 Å². The molecule has 0 radical (unpaired) electrons. The number of hydrogen-bond donors (Lipinski definition) is 0. The van der Waals surface area contributed by atoms with Crippen LogP contribution in [0.4, 0.5) is 0 Å². The molecule has 7 aromatic carbocycles. The second-order valence-electron chi connectivity index (χ2n) is 13.5. The smallest absolute Gasteiger partial charge is 0.0963 e. The van der Waals surface area contributed by atoms with E-state index >= 15 is 0 Å². The van der Waals surface area contributed by atoms with E-state index in [2.05, 4.69) is 161 Å². The lowest BCUT2D eigenvalue weighted by molar-refractivity contribution is 1.19. The van der Waals surface area contributed by atoms with E-state index < -0.39 is 0 Å². The van der Waals surface area contributed by atoms with Crippen LogP contribution in [-0.2, 0) is 0 Å². The van der Waals surface area contributed by atoms with Crippen LogP contribution >= 0.6 is 22.7 Å². The Labute approximate surface area is 305 Å². The van der Waals surface area contributed by atoms with E-state index in [1.54, 1.807) is 0 Å². The highest BCUT2D eigenvalue weighted by Gasteiger charge is 2.20. The van der Waals surface area contributed by atoms with E-state index in [-0.39, 0.29) is 0 Å². The summed E-state index contributed by atoms with van der Waals surface area (Å²) in [6.07, 6.45) is 1.91. The van der Waals surface area contributed by atoms with Crippen LogP contribution in [0.2, 0.25) is 0 Å². The van der Waals surface area contributed by atoms with Crippen LogP contribution in [0.3, 0.4) is 0 Å². The first-order chi connectivity index (χ1) is 25.8. The van der Waals surface area contributed by atoms with Gasteiger partial charge in [-0.1, -0.05) is 78.9 Å². The number of thiophene rings is 2. The molecule has 0 aliphatic carbocycles. The van der Waals surface area contributed by atoms with Crippen molar-refractivity contribution in [2.75, 3.05) is 0 Å². The monoisotopic (exact) mass is 697 g/mol. The van der Waals surface area contributed by atoms with Crippen molar-refractivity contribution in [3.8, 4) is 22.5 Å². The Balaban J connectivity index is 1.08. The van der Waals surface area contributed by atoms with Crippen molar-refractivity contribution < 1.29 is 0 Å². The van der Waals surface area contributed by atoms with Gasteiger partial charge in [0, 0.05) is 62.7 Å². The summed E-state index contributed by atoms with van der Waals surface area (Å²) >= 11 is 3.72. The predicted molar refractivity (Wildman–Crippen MR) is 224 cm³/mol. The van der Waals surface area contributed by atoms with Gasteiger partial charge in [0.2, 0.25) is 0 Å². The molecule has 52 heavy (non-hydrogen) atoms. The summed E-state index contributed by atoms with van der Waals surface area (Å²) in [5.74, 6) is 0. The minimum Gasteiger partial charge on any atom is -0.309 e. The van der Waals surface area contributed by atoms with Crippen LogP contribution in [0.15, 0.2) is 164 Å². The van der Waals surface area contributed by atoms with Crippen LogP contribution in [0.5, 0.6) is 0 Å². The summed E-state index contributed by atoms with van der Waals surface area (Å²) in [5, 5.41) is 8.88. The SMILES string of the molecule is c1ccc2c(c1)sc1cccc(-n3c4ccccc4c4cc(-c5ccc6c(c5)c5ncccc5n6-c5cccc6sc7ccccc7c56)ccc43)c12. The van der Waals surface area contributed by atoms with Crippen molar-refractivity contribution in [3.05, 3.63) is 164 Å². The van der Waals surface area contributed by atoms with Gasteiger partial charge in [0.05, 0.1) is 39.0 Å². The molecule has 5 heterocycles. The summed E-state index contributed by atoms with van der Waals surface area (Å²) in [5.41, 5.74) is 10.5. The summed E-state index contributed by atoms with van der Waals surface area (Å²) in [6.45, 7) is 0. The average Bonchev–Trinajstić information content (AvgIpc) is 3.95. The molecule has 12 aromatic rings. The standard InChI is InChI=1S/C47H27N3S2/c1-4-13-35-30(10-1)33-26-28(21-23-36(33)49(35)38-14-7-19-43-45(38)31-11-2-5-17-41(31)51-43)29-22-24-37-34(27-29)47-40(16-9-25-48-47)50(37)39-15-8-20-44-46(39)32-12-3-6-18-42(32)52-44/h1-27H. The molecule has 0 spiro atoms. The van der Waals surface area contributed by atoms with E-state index in [1.165, 1.54) is 84.7 Å². The lowest BCUT2D eigenvalue weighted by Gasteiger charge is -2.11. The molecule has 0 atom stereocenters. The maximum Gasteiger partial charge on any atom is 0.0963 e. The molecule has 0 N–H and O–H groups in total. The van der Waals surface area contributed by atoms with E-state index in [0.717, 1.165) is 21.9 Å². The van der Waals surface area contributed by atoms with E-state index in [0.29, 0.717) is 0 Å². The van der Waals surface area contributed by atoms with E-state index in [9.17, 15) is 0 Å². The van der Waals surface area contributed by atoms with Gasteiger partial charge in [-0.2, -0.15) is 0 Å².